The van der Waals surface area contributed by atoms with Gasteiger partial charge in [0.1, 0.15) is 0 Å². The van der Waals surface area contributed by atoms with Gasteiger partial charge in [-0.15, -0.1) is 0 Å². The first kappa shape index (κ1) is 44.7. The maximum atomic E-state index is 2.39. The average molecular weight is 967 g/mol. The minimum absolute atomic E-state index is 1.08. The van der Waals surface area contributed by atoms with Crippen LogP contribution in [-0.4, -0.2) is 4.57 Å². The Morgan fingerprint density at radius 3 is 1.08 bits per heavy atom. The third-order valence-electron chi connectivity index (χ3n) is 15.2. The van der Waals surface area contributed by atoms with Gasteiger partial charge in [0.25, 0.3) is 0 Å². The molecule has 1 aromatic heterocycles. The SMILES string of the molecule is c1ccc(-n2c3ccccc3c3ccc(-c4cccc(-c5ccc(N(c6ccc(-c7cccc(-c8cccc9ccccc89)c7)cc6)c6ccc(-c7cccc(-c8cccc9ccccc89)c7)cc6)cc5)c4)cc32)cc1. The van der Waals surface area contributed by atoms with Crippen LogP contribution in [0.1, 0.15) is 0 Å². The van der Waals surface area contributed by atoms with E-state index >= 15 is 0 Å². The highest BCUT2D eigenvalue weighted by Crippen LogP contribution is 2.41. The predicted molar refractivity (Wildman–Crippen MR) is 323 cm³/mol. The number of nitrogens with zero attached hydrogens (tertiary/aromatic N) is 2. The summed E-state index contributed by atoms with van der Waals surface area (Å²) in [6.07, 6.45) is 0. The van der Waals surface area contributed by atoms with Gasteiger partial charge in [0.2, 0.25) is 0 Å². The molecule has 2 heteroatoms. The lowest BCUT2D eigenvalue weighted by Gasteiger charge is -2.26. The van der Waals surface area contributed by atoms with E-state index in [-0.39, 0.29) is 0 Å². The molecule has 0 saturated heterocycles. The molecule has 2 nitrogen and oxygen atoms in total. The summed E-state index contributed by atoms with van der Waals surface area (Å²) >= 11 is 0. The second-order valence-corrected chi connectivity index (χ2v) is 19.7. The van der Waals surface area contributed by atoms with Gasteiger partial charge < -0.3 is 9.47 Å². The molecule has 0 radical (unpaired) electrons. The van der Waals surface area contributed by atoms with Gasteiger partial charge in [0.05, 0.1) is 11.0 Å². The van der Waals surface area contributed by atoms with Gasteiger partial charge in [-0.05, 0) is 167 Å². The summed E-state index contributed by atoms with van der Waals surface area (Å²) in [5.74, 6) is 0. The monoisotopic (exact) mass is 966 g/mol. The van der Waals surface area contributed by atoms with Gasteiger partial charge in [0.15, 0.2) is 0 Å². The number of hydrogen-bond acceptors (Lipinski definition) is 1. The van der Waals surface area contributed by atoms with E-state index in [1.807, 2.05) is 0 Å². The number of benzene rings is 13. The highest BCUT2D eigenvalue weighted by Gasteiger charge is 2.17. The van der Waals surface area contributed by atoms with E-state index < -0.39 is 0 Å². The molecular formula is C74H50N2. The molecule has 0 bridgehead atoms. The summed E-state index contributed by atoms with van der Waals surface area (Å²) in [6, 6.07) is 111. The fourth-order valence-electron chi connectivity index (χ4n) is 11.4. The molecule has 0 aliphatic heterocycles. The van der Waals surface area contributed by atoms with Crippen molar-refractivity contribution >= 4 is 60.4 Å². The lowest BCUT2D eigenvalue weighted by atomic mass is 9.95. The third kappa shape index (κ3) is 8.19. The fourth-order valence-corrected chi connectivity index (χ4v) is 11.4. The smallest absolute Gasteiger partial charge is 0.0547 e. The van der Waals surface area contributed by atoms with Crippen LogP contribution >= 0.6 is 0 Å². The molecule has 76 heavy (non-hydrogen) atoms. The Morgan fingerprint density at radius 1 is 0.211 bits per heavy atom. The van der Waals surface area contributed by atoms with Crippen LogP contribution in [0.4, 0.5) is 17.1 Å². The fraction of sp³-hybridized carbons (Fsp3) is 0. The lowest BCUT2D eigenvalue weighted by Crippen LogP contribution is -2.09. The van der Waals surface area contributed by atoms with E-state index in [0.29, 0.717) is 0 Å². The quantitative estimate of drug-likeness (QED) is 0.133. The average Bonchev–Trinajstić information content (AvgIpc) is 3.87. The molecule has 0 aliphatic carbocycles. The van der Waals surface area contributed by atoms with Gasteiger partial charge in [-0.25, -0.2) is 0 Å². The maximum absolute atomic E-state index is 2.39. The first-order chi connectivity index (χ1) is 37.7. The normalized spacial score (nSPS) is 11.4. The molecule has 14 rings (SSSR count). The summed E-state index contributed by atoms with van der Waals surface area (Å²) in [4.78, 5) is 2.37. The summed E-state index contributed by atoms with van der Waals surface area (Å²) in [6.45, 7) is 0. The number of hydrogen-bond donors (Lipinski definition) is 0. The zero-order chi connectivity index (χ0) is 50.4. The van der Waals surface area contributed by atoms with Crippen molar-refractivity contribution in [1.82, 2.24) is 4.57 Å². The Bertz CT molecular complexity index is 4260. The van der Waals surface area contributed by atoms with Crippen LogP contribution in [0.25, 0.3) is 116 Å². The van der Waals surface area contributed by atoms with Crippen molar-refractivity contribution in [2.75, 3.05) is 4.90 Å². The number of fused-ring (bicyclic) bond motifs is 5. The summed E-state index contributed by atoms with van der Waals surface area (Å²) in [5.41, 5.74) is 21.1. The van der Waals surface area contributed by atoms with Crippen molar-refractivity contribution in [2.45, 2.75) is 0 Å². The molecule has 14 aromatic rings. The molecule has 0 saturated carbocycles. The van der Waals surface area contributed by atoms with Crippen LogP contribution in [0, 0.1) is 0 Å². The maximum Gasteiger partial charge on any atom is 0.0547 e. The van der Waals surface area contributed by atoms with Crippen molar-refractivity contribution in [2.24, 2.45) is 0 Å². The Hall–Kier alpha value is -10.0. The summed E-state index contributed by atoms with van der Waals surface area (Å²) in [7, 11) is 0. The van der Waals surface area contributed by atoms with Crippen LogP contribution in [0.3, 0.4) is 0 Å². The first-order valence-electron chi connectivity index (χ1n) is 26.1. The topological polar surface area (TPSA) is 8.17 Å². The lowest BCUT2D eigenvalue weighted by molar-refractivity contribution is 1.18. The van der Waals surface area contributed by atoms with E-state index in [1.54, 1.807) is 0 Å². The van der Waals surface area contributed by atoms with Crippen LogP contribution in [0.15, 0.2) is 303 Å². The molecular weight excluding hydrogens is 917 g/mol. The molecule has 0 unspecified atom stereocenters. The van der Waals surface area contributed by atoms with Crippen LogP contribution in [0.2, 0.25) is 0 Å². The molecule has 356 valence electrons. The Labute approximate surface area is 443 Å². The Morgan fingerprint density at radius 2 is 0.566 bits per heavy atom. The zero-order valence-electron chi connectivity index (χ0n) is 41.8. The molecule has 0 atom stereocenters. The molecule has 0 spiro atoms. The number of rotatable bonds is 10. The summed E-state index contributed by atoms with van der Waals surface area (Å²) in [5, 5.41) is 7.52. The first-order valence-corrected chi connectivity index (χ1v) is 26.1. The highest BCUT2D eigenvalue weighted by molar-refractivity contribution is 6.10. The van der Waals surface area contributed by atoms with E-state index in [0.717, 1.165) is 28.3 Å². The summed E-state index contributed by atoms with van der Waals surface area (Å²) < 4.78 is 2.39. The highest BCUT2D eigenvalue weighted by atomic mass is 15.1. The van der Waals surface area contributed by atoms with Gasteiger partial charge in [0, 0.05) is 33.5 Å². The molecule has 0 N–H and O–H groups in total. The number of para-hydroxylation sites is 2. The molecule has 0 amide bonds. The van der Waals surface area contributed by atoms with E-state index in [2.05, 4.69) is 313 Å². The minimum Gasteiger partial charge on any atom is -0.311 e. The molecule has 0 aliphatic rings. The van der Waals surface area contributed by atoms with E-state index in [4.69, 9.17) is 0 Å². The molecule has 0 fully saturated rings. The zero-order valence-corrected chi connectivity index (χ0v) is 41.8. The largest absolute Gasteiger partial charge is 0.311 e. The van der Waals surface area contributed by atoms with Crippen LogP contribution in [0.5, 0.6) is 0 Å². The van der Waals surface area contributed by atoms with Gasteiger partial charge in [-0.3, -0.25) is 0 Å². The third-order valence-corrected chi connectivity index (χ3v) is 15.2. The van der Waals surface area contributed by atoms with Gasteiger partial charge >= 0.3 is 0 Å². The van der Waals surface area contributed by atoms with Crippen molar-refractivity contribution in [3.8, 4) is 72.4 Å². The van der Waals surface area contributed by atoms with Gasteiger partial charge in [-0.2, -0.15) is 0 Å². The van der Waals surface area contributed by atoms with Crippen molar-refractivity contribution < 1.29 is 0 Å². The minimum atomic E-state index is 1.08. The Kier molecular flexibility index (Phi) is 11.2. The predicted octanol–water partition coefficient (Wildman–Crippen LogP) is 20.6. The van der Waals surface area contributed by atoms with Crippen LogP contribution in [-0.2, 0) is 0 Å². The second kappa shape index (κ2) is 19.1. The van der Waals surface area contributed by atoms with E-state index in [9.17, 15) is 0 Å². The van der Waals surface area contributed by atoms with Crippen molar-refractivity contribution in [1.29, 1.82) is 0 Å². The van der Waals surface area contributed by atoms with Crippen molar-refractivity contribution in [3.05, 3.63) is 303 Å². The van der Waals surface area contributed by atoms with Crippen LogP contribution < -0.4 is 4.90 Å². The number of aromatic nitrogens is 1. The Balaban J connectivity index is 0.810. The standard InChI is InChI=1S/C74H50N2/c1-2-25-63(26-3-1)76-73-32-9-8-29-71(73)72-46-39-60(50-74(72)76)59-22-10-19-56(47-59)51-33-40-64(41-34-51)75(65-42-35-52(36-43-65)57-20-11-23-61(48-57)69-30-13-17-54-15-4-6-27-67(54)69)66-44-37-53(38-45-66)58-21-12-24-62(49-58)70-31-14-18-55-16-5-7-28-68(55)70/h1-50H. The second-order valence-electron chi connectivity index (χ2n) is 19.7. The molecule has 13 aromatic carbocycles. The van der Waals surface area contributed by atoms with Gasteiger partial charge in [-0.1, -0.05) is 224 Å². The number of anilines is 3. The molecule has 1 heterocycles. The van der Waals surface area contributed by atoms with Crippen molar-refractivity contribution in [3.63, 3.8) is 0 Å². The van der Waals surface area contributed by atoms with E-state index in [1.165, 1.54) is 105 Å².